The molecule has 0 radical (unpaired) electrons. The van der Waals surface area contributed by atoms with E-state index in [0.29, 0.717) is 41.8 Å². The Hall–Kier alpha value is -3.72. The fraction of sp³-hybridized carbons (Fsp3) is 0.407. The fourth-order valence-electron chi connectivity index (χ4n) is 4.65. The molecule has 1 aliphatic heterocycles. The molecule has 0 unspecified atom stereocenters. The first-order valence-corrected chi connectivity index (χ1v) is 12.3. The molecule has 9 nitrogen and oxygen atoms in total. The lowest BCUT2D eigenvalue weighted by Crippen LogP contribution is -2.48. The van der Waals surface area contributed by atoms with Gasteiger partial charge in [-0.15, -0.1) is 0 Å². The minimum Gasteiger partial charge on any atom is -0.464 e. The number of likely N-dealkylation sites (tertiary alicyclic amines) is 1. The summed E-state index contributed by atoms with van der Waals surface area (Å²) in [5.41, 5.74) is 3.28. The molecule has 4 rings (SSSR count). The van der Waals surface area contributed by atoms with E-state index in [1.807, 2.05) is 22.8 Å². The Morgan fingerprint density at radius 3 is 2.69 bits per heavy atom. The third-order valence-corrected chi connectivity index (χ3v) is 6.31. The Labute approximate surface area is 210 Å². The van der Waals surface area contributed by atoms with Crippen LogP contribution in [0.1, 0.15) is 42.1 Å². The fourth-order valence-corrected chi connectivity index (χ4v) is 4.65. The van der Waals surface area contributed by atoms with Crippen LogP contribution in [0.2, 0.25) is 0 Å². The molecule has 190 valence electrons. The molecule has 9 heteroatoms. The SMILES string of the molecule is CCOC(=O)[C@@H]1CCCCN1C(=O)c1cc(NC(=O)COC)cc2ncn(CCc3ccccc3)c12. The number of carbonyl (C=O) groups is 3. The third kappa shape index (κ3) is 5.73. The molecule has 0 aliphatic carbocycles. The Kier molecular flexibility index (Phi) is 8.32. The van der Waals surface area contributed by atoms with Gasteiger partial charge in [0.1, 0.15) is 12.6 Å². The quantitative estimate of drug-likeness (QED) is 0.459. The molecule has 1 saturated heterocycles. The lowest BCUT2D eigenvalue weighted by Gasteiger charge is -2.34. The molecule has 0 bridgehead atoms. The maximum atomic E-state index is 14.0. The molecule has 3 aromatic rings. The van der Waals surface area contributed by atoms with Gasteiger partial charge in [-0.1, -0.05) is 30.3 Å². The number of anilines is 1. The van der Waals surface area contributed by atoms with Crippen LogP contribution in [0.4, 0.5) is 5.69 Å². The molecule has 1 atom stereocenters. The first-order chi connectivity index (χ1) is 17.5. The lowest BCUT2D eigenvalue weighted by atomic mass is 10.00. The molecule has 2 heterocycles. The summed E-state index contributed by atoms with van der Waals surface area (Å²) in [6.45, 7) is 2.99. The van der Waals surface area contributed by atoms with E-state index in [2.05, 4.69) is 22.4 Å². The predicted molar refractivity (Wildman–Crippen MR) is 136 cm³/mol. The maximum Gasteiger partial charge on any atom is 0.328 e. The van der Waals surface area contributed by atoms with Gasteiger partial charge in [-0.2, -0.15) is 0 Å². The van der Waals surface area contributed by atoms with Crippen LogP contribution in [0, 0.1) is 0 Å². The van der Waals surface area contributed by atoms with Crippen molar-refractivity contribution in [2.45, 2.75) is 45.2 Å². The van der Waals surface area contributed by atoms with Gasteiger partial charge in [0, 0.05) is 25.9 Å². The van der Waals surface area contributed by atoms with Gasteiger partial charge in [0.2, 0.25) is 5.91 Å². The number of hydrogen-bond acceptors (Lipinski definition) is 6. The summed E-state index contributed by atoms with van der Waals surface area (Å²) in [4.78, 5) is 45.0. The van der Waals surface area contributed by atoms with Gasteiger partial charge in [0.15, 0.2) is 0 Å². The first kappa shape index (κ1) is 25.4. The molecular weight excluding hydrogens is 460 g/mol. The highest BCUT2D eigenvalue weighted by Crippen LogP contribution is 2.28. The van der Waals surface area contributed by atoms with Gasteiger partial charge < -0.3 is 24.3 Å². The summed E-state index contributed by atoms with van der Waals surface area (Å²) in [6, 6.07) is 12.9. The summed E-state index contributed by atoms with van der Waals surface area (Å²) in [6.07, 6.45) is 4.70. The van der Waals surface area contributed by atoms with E-state index in [-0.39, 0.29) is 31.0 Å². The standard InChI is InChI=1S/C27H32N4O5/c1-3-36-27(34)23-11-7-8-13-31(23)26(33)21-15-20(29-24(32)17-35-2)16-22-25(21)30(18-28-22)14-12-19-9-5-4-6-10-19/h4-6,9-10,15-16,18,23H,3,7-8,11-14,17H2,1-2H3,(H,29,32)/t23-/m0/s1. The van der Waals surface area contributed by atoms with Crippen molar-refractivity contribution in [3.8, 4) is 0 Å². The number of carbonyl (C=O) groups excluding carboxylic acids is 3. The topological polar surface area (TPSA) is 103 Å². The Balaban J connectivity index is 1.72. The molecule has 1 aliphatic rings. The van der Waals surface area contributed by atoms with E-state index >= 15 is 0 Å². The second-order valence-electron chi connectivity index (χ2n) is 8.81. The zero-order valence-corrected chi connectivity index (χ0v) is 20.7. The number of ether oxygens (including phenoxy) is 2. The summed E-state index contributed by atoms with van der Waals surface area (Å²) >= 11 is 0. The minimum absolute atomic E-state index is 0.107. The van der Waals surface area contributed by atoms with Crippen molar-refractivity contribution in [3.05, 3.63) is 59.9 Å². The van der Waals surface area contributed by atoms with Crippen LogP contribution < -0.4 is 5.32 Å². The van der Waals surface area contributed by atoms with Crippen molar-refractivity contribution in [1.82, 2.24) is 14.5 Å². The first-order valence-electron chi connectivity index (χ1n) is 12.3. The van der Waals surface area contributed by atoms with Crippen LogP contribution in [-0.4, -0.2) is 65.1 Å². The zero-order valence-electron chi connectivity index (χ0n) is 20.7. The van der Waals surface area contributed by atoms with Gasteiger partial charge in [0.05, 0.1) is 29.5 Å². The molecule has 36 heavy (non-hydrogen) atoms. The summed E-state index contributed by atoms with van der Waals surface area (Å²) in [7, 11) is 1.44. The number of amides is 2. The van der Waals surface area contributed by atoms with Gasteiger partial charge in [-0.25, -0.2) is 9.78 Å². The zero-order chi connectivity index (χ0) is 25.5. The number of benzene rings is 2. The van der Waals surface area contributed by atoms with E-state index in [4.69, 9.17) is 9.47 Å². The van der Waals surface area contributed by atoms with E-state index in [0.717, 1.165) is 19.3 Å². The smallest absolute Gasteiger partial charge is 0.328 e. The Morgan fingerprint density at radius 2 is 1.94 bits per heavy atom. The summed E-state index contributed by atoms with van der Waals surface area (Å²) in [5, 5.41) is 2.78. The van der Waals surface area contributed by atoms with Crippen LogP contribution in [0.5, 0.6) is 0 Å². The van der Waals surface area contributed by atoms with Crippen LogP contribution in [0.3, 0.4) is 0 Å². The highest BCUT2D eigenvalue weighted by atomic mass is 16.5. The number of nitrogens with one attached hydrogen (secondary N) is 1. The van der Waals surface area contributed by atoms with Crippen molar-refractivity contribution in [3.63, 3.8) is 0 Å². The second kappa shape index (κ2) is 11.8. The van der Waals surface area contributed by atoms with E-state index < -0.39 is 6.04 Å². The van der Waals surface area contributed by atoms with Crippen molar-refractivity contribution in [1.29, 1.82) is 0 Å². The third-order valence-electron chi connectivity index (χ3n) is 6.31. The summed E-state index contributed by atoms with van der Waals surface area (Å²) < 4.78 is 12.1. The normalized spacial score (nSPS) is 15.6. The number of imidazole rings is 1. The van der Waals surface area contributed by atoms with Crippen LogP contribution in [0.25, 0.3) is 11.0 Å². The van der Waals surface area contributed by atoms with Crippen LogP contribution in [-0.2, 0) is 32.0 Å². The number of hydrogen-bond donors (Lipinski definition) is 1. The highest BCUT2D eigenvalue weighted by Gasteiger charge is 2.35. The van der Waals surface area contributed by atoms with Gasteiger partial charge >= 0.3 is 5.97 Å². The van der Waals surface area contributed by atoms with E-state index in [1.54, 1.807) is 30.3 Å². The second-order valence-corrected chi connectivity index (χ2v) is 8.81. The number of fused-ring (bicyclic) bond motifs is 1. The van der Waals surface area contributed by atoms with Crippen molar-refractivity contribution < 1.29 is 23.9 Å². The van der Waals surface area contributed by atoms with Gasteiger partial charge in [0.25, 0.3) is 5.91 Å². The van der Waals surface area contributed by atoms with Crippen molar-refractivity contribution >= 4 is 34.5 Å². The van der Waals surface area contributed by atoms with Gasteiger partial charge in [-0.05, 0) is 50.3 Å². The number of esters is 1. The largest absolute Gasteiger partial charge is 0.464 e. The van der Waals surface area contributed by atoms with Crippen LogP contribution >= 0.6 is 0 Å². The molecule has 0 saturated carbocycles. The number of nitrogens with zero attached hydrogens (tertiary/aromatic N) is 3. The van der Waals surface area contributed by atoms with E-state index in [9.17, 15) is 14.4 Å². The van der Waals surface area contributed by atoms with E-state index in [1.165, 1.54) is 12.7 Å². The maximum absolute atomic E-state index is 14.0. The Morgan fingerprint density at radius 1 is 1.14 bits per heavy atom. The monoisotopic (exact) mass is 492 g/mol. The number of aryl methyl sites for hydroxylation is 2. The number of methoxy groups -OCH3 is 1. The lowest BCUT2D eigenvalue weighted by molar-refractivity contribution is -0.149. The molecular formula is C27H32N4O5. The molecule has 1 N–H and O–H groups in total. The van der Waals surface area contributed by atoms with Crippen LogP contribution in [0.15, 0.2) is 48.8 Å². The molecule has 2 amide bonds. The van der Waals surface area contributed by atoms with Gasteiger partial charge in [-0.3, -0.25) is 9.59 Å². The number of rotatable bonds is 9. The average Bonchev–Trinajstić information content (AvgIpc) is 3.30. The van der Waals surface area contributed by atoms with Crippen molar-refractivity contribution in [2.24, 2.45) is 0 Å². The Bertz CT molecular complexity index is 1220. The molecule has 2 aromatic carbocycles. The minimum atomic E-state index is -0.631. The number of piperidine rings is 1. The van der Waals surface area contributed by atoms with Crippen molar-refractivity contribution in [2.75, 3.05) is 32.2 Å². The molecule has 1 fully saturated rings. The summed E-state index contributed by atoms with van der Waals surface area (Å²) in [5.74, 6) is -0.993. The predicted octanol–water partition coefficient (Wildman–Crippen LogP) is 3.42. The molecule has 0 spiro atoms. The average molecular weight is 493 g/mol. The number of aromatic nitrogens is 2. The highest BCUT2D eigenvalue weighted by molar-refractivity contribution is 6.08. The molecule has 1 aromatic heterocycles.